The van der Waals surface area contributed by atoms with Gasteiger partial charge in [0.15, 0.2) is 0 Å². The summed E-state index contributed by atoms with van der Waals surface area (Å²) < 4.78 is 0. The first kappa shape index (κ1) is 25.9. The Kier molecular flexibility index (Phi) is 14.5. The van der Waals surface area contributed by atoms with Crippen LogP contribution >= 0.6 is 0 Å². The topological polar surface area (TPSA) is 80.9 Å². The van der Waals surface area contributed by atoms with Crippen molar-refractivity contribution in [1.82, 2.24) is 0 Å². The Balaban J connectivity index is 2.69. The summed E-state index contributed by atoms with van der Waals surface area (Å²) in [6.45, 7) is -0.704. The molecular weight excluding hydrogens is 352 g/mol. The molecule has 1 fully saturated rings. The third kappa shape index (κ3) is 8.30. The van der Waals surface area contributed by atoms with Crippen LogP contribution in [0.15, 0.2) is 0 Å². The lowest BCUT2D eigenvalue weighted by molar-refractivity contribution is -0.124. The summed E-state index contributed by atoms with van der Waals surface area (Å²) in [5.41, 5.74) is -1.59. The van der Waals surface area contributed by atoms with Crippen LogP contribution in [0.25, 0.3) is 0 Å². The van der Waals surface area contributed by atoms with Gasteiger partial charge >= 0.3 is 0 Å². The van der Waals surface area contributed by atoms with E-state index in [1.165, 1.54) is 77.0 Å². The summed E-state index contributed by atoms with van der Waals surface area (Å²) in [4.78, 5) is 0. The van der Waals surface area contributed by atoms with Crippen molar-refractivity contribution < 1.29 is 20.4 Å². The number of hydrogen-bond acceptors (Lipinski definition) is 4. The molecule has 1 rings (SSSR count). The summed E-state index contributed by atoms with van der Waals surface area (Å²) in [7, 11) is 0. The van der Waals surface area contributed by atoms with Crippen LogP contribution < -0.4 is 0 Å². The quantitative estimate of drug-likeness (QED) is 0.537. The summed E-state index contributed by atoms with van der Waals surface area (Å²) in [6.07, 6.45) is 21.1. The lowest BCUT2D eigenvalue weighted by atomic mass is 9.60. The van der Waals surface area contributed by atoms with Crippen LogP contribution in [0.2, 0.25) is 0 Å². The molecule has 0 bridgehead atoms. The highest BCUT2D eigenvalue weighted by Crippen LogP contribution is 2.46. The van der Waals surface area contributed by atoms with E-state index < -0.39 is 10.8 Å². The molecule has 0 spiro atoms. The average molecular weight is 401 g/mol. The molecule has 1 aliphatic carbocycles. The van der Waals surface area contributed by atoms with Crippen molar-refractivity contribution in [1.29, 1.82) is 0 Å². The summed E-state index contributed by atoms with van der Waals surface area (Å²) in [5.74, 6) is 0. The Morgan fingerprint density at radius 2 is 0.500 bits per heavy atom. The molecule has 0 saturated heterocycles. The molecule has 0 aromatic heterocycles. The molecule has 1 saturated carbocycles. The first-order valence-electron chi connectivity index (χ1n) is 12.1. The van der Waals surface area contributed by atoms with Crippen LogP contribution in [0.5, 0.6) is 0 Å². The van der Waals surface area contributed by atoms with E-state index in [1.807, 2.05) is 0 Å². The summed E-state index contributed by atoms with van der Waals surface area (Å²) in [5, 5.41) is 40.7. The maximum Gasteiger partial charge on any atom is 0.0516 e. The van der Waals surface area contributed by atoms with E-state index >= 15 is 0 Å². The van der Waals surface area contributed by atoms with E-state index in [1.54, 1.807) is 0 Å². The Labute approximate surface area is 173 Å². The van der Waals surface area contributed by atoms with Crippen LogP contribution in [0.4, 0.5) is 0 Å². The molecule has 168 valence electrons. The van der Waals surface area contributed by atoms with Crippen molar-refractivity contribution in [2.75, 3.05) is 26.4 Å². The zero-order valence-electron chi connectivity index (χ0n) is 18.3. The molecule has 0 amide bonds. The molecule has 0 unspecified atom stereocenters. The molecule has 4 nitrogen and oxygen atoms in total. The van der Waals surface area contributed by atoms with Gasteiger partial charge in [0.05, 0.1) is 26.4 Å². The van der Waals surface area contributed by atoms with E-state index in [0.717, 1.165) is 25.7 Å². The number of aliphatic hydroxyl groups excluding tert-OH is 4. The van der Waals surface area contributed by atoms with Crippen molar-refractivity contribution in [3.8, 4) is 0 Å². The molecule has 0 aromatic rings. The normalized spacial score (nSPS) is 24.4. The molecule has 0 aromatic carbocycles. The lowest BCUT2D eigenvalue weighted by Gasteiger charge is -2.47. The van der Waals surface area contributed by atoms with Crippen molar-refractivity contribution >= 4 is 0 Å². The van der Waals surface area contributed by atoms with Crippen molar-refractivity contribution in [2.24, 2.45) is 10.8 Å². The van der Waals surface area contributed by atoms with Crippen LogP contribution in [-0.2, 0) is 0 Å². The fourth-order valence-corrected chi connectivity index (χ4v) is 5.02. The number of rotatable bonds is 4. The van der Waals surface area contributed by atoms with Gasteiger partial charge in [-0.2, -0.15) is 0 Å². The van der Waals surface area contributed by atoms with E-state index in [9.17, 15) is 20.4 Å². The van der Waals surface area contributed by atoms with Gasteiger partial charge in [0.1, 0.15) is 0 Å². The second-order valence-corrected chi connectivity index (χ2v) is 9.35. The molecule has 0 heterocycles. The van der Waals surface area contributed by atoms with Crippen molar-refractivity contribution in [3.05, 3.63) is 0 Å². The van der Waals surface area contributed by atoms with Crippen LogP contribution in [-0.4, -0.2) is 46.9 Å². The molecule has 0 atom stereocenters. The van der Waals surface area contributed by atoms with E-state index in [2.05, 4.69) is 0 Å². The van der Waals surface area contributed by atoms with E-state index in [4.69, 9.17) is 0 Å². The minimum atomic E-state index is -0.794. The maximum absolute atomic E-state index is 10.2. The molecule has 4 N–H and O–H groups in total. The van der Waals surface area contributed by atoms with Gasteiger partial charge in [-0.15, -0.1) is 0 Å². The zero-order valence-corrected chi connectivity index (χ0v) is 18.3. The highest BCUT2D eigenvalue weighted by Gasteiger charge is 2.49. The van der Waals surface area contributed by atoms with Crippen molar-refractivity contribution in [3.63, 3.8) is 0 Å². The Morgan fingerprint density at radius 3 is 0.679 bits per heavy atom. The van der Waals surface area contributed by atoms with Gasteiger partial charge in [0.25, 0.3) is 0 Å². The van der Waals surface area contributed by atoms with Gasteiger partial charge in [0, 0.05) is 10.8 Å². The average Bonchev–Trinajstić information content (AvgIpc) is 2.73. The van der Waals surface area contributed by atoms with Gasteiger partial charge in [-0.05, 0) is 12.8 Å². The molecule has 1 aliphatic rings. The highest BCUT2D eigenvalue weighted by molar-refractivity contribution is 4.97. The van der Waals surface area contributed by atoms with Gasteiger partial charge in [-0.1, -0.05) is 103 Å². The second-order valence-electron chi connectivity index (χ2n) is 9.35. The zero-order chi connectivity index (χ0) is 20.6. The Morgan fingerprint density at radius 1 is 0.321 bits per heavy atom. The monoisotopic (exact) mass is 400 g/mol. The largest absolute Gasteiger partial charge is 0.396 e. The fraction of sp³-hybridized carbons (Fsp3) is 1.00. The predicted octanol–water partition coefficient (Wildman–Crippen LogP) is 4.96. The summed E-state index contributed by atoms with van der Waals surface area (Å²) >= 11 is 0. The SMILES string of the molecule is OCC1(CO)CCCCCCCCCCCCCCCCCCC1(CO)CO. The molecular formula is C24H48O4. The van der Waals surface area contributed by atoms with Crippen LogP contribution in [0.3, 0.4) is 0 Å². The standard InChI is InChI=1S/C24H48O4/c25-19-23(20-26)17-15-13-11-9-7-5-3-1-2-4-6-8-10-12-14-16-18-24(23,21-27)22-28/h25-28H,1-22H2. The van der Waals surface area contributed by atoms with Gasteiger partial charge in [-0.3, -0.25) is 0 Å². The number of hydrogen-bond donors (Lipinski definition) is 4. The van der Waals surface area contributed by atoms with E-state index in [-0.39, 0.29) is 26.4 Å². The van der Waals surface area contributed by atoms with Crippen LogP contribution in [0, 0.1) is 10.8 Å². The fourth-order valence-electron chi connectivity index (χ4n) is 5.02. The minimum Gasteiger partial charge on any atom is -0.396 e. The molecule has 4 heteroatoms. The molecule has 0 aliphatic heterocycles. The highest BCUT2D eigenvalue weighted by atomic mass is 16.3. The van der Waals surface area contributed by atoms with Gasteiger partial charge in [0.2, 0.25) is 0 Å². The predicted molar refractivity (Wildman–Crippen MR) is 116 cm³/mol. The third-order valence-electron chi connectivity index (χ3n) is 7.40. The molecule has 0 radical (unpaired) electrons. The summed E-state index contributed by atoms with van der Waals surface area (Å²) in [6, 6.07) is 0. The van der Waals surface area contributed by atoms with Crippen molar-refractivity contribution in [2.45, 2.75) is 116 Å². The van der Waals surface area contributed by atoms with E-state index in [0.29, 0.717) is 12.8 Å². The Hall–Kier alpha value is -0.160. The maximum atomic E-state index is 10.2. The van der Waals surface area contributed by atoms with Crippen LogP contribution in [0.1, 0.15) is 116 Å². The first-order chi connectivity index (χ1) is 13.7. The smallest absolute Gasteiger partial charge is 0.0516 e. The third-order valence-corrected chi connectivity index (χ3v) is 7.40. The Bertz CT molecular complexity index is 317. The first-order valence-corrected chi connectivity index (χ1v) is 12.1. The molecule has 28 heavy (non-hydrogen) atoms. The van der Waals surface area contributed by atoms with Gasteiger partial charge < -0.3 is 20.4 Å². The number of aliphatic hydroxyl groups is 4. The van der Waals surface area contributed by atoms with Gasteiger partial charge in [-0.25, -0.2) is 0 Å². The lowest BCUT2D eigenvalue weighted by Crippen LogP contribution is -2.52. The minimum absolute atomic E-state index is 0.176. The second kappa shape index (κ2) is 15.6.